The highest BCUT2D eigenvalue weighted by Crippen LogP contribution is 2.38. The first-order valence-corrected chi connectivity index (χ1v) is 11.4. The monoisotopic (exact) mass is 488 g/mol. The van der Waals surface area contributed by atoms with Gasteiger partial charge in [-0.15, -0.1) is 0 Å². The second kappa shape index (κ2) is 10.1. The molecule has 8 heteroatoms. The number of carbonyl (C=O) groups is 1. The Kier molecular flexibility index (Phi) is 7.10. The number of rotatable bonds is 6. The number of halogens is 5. The Labute approximate surface area is 200 Å². The standard InChI is InChI=1S/C27H25F5N2O/c28-22-12-10-19(11-13-22)26(17-18-6-2-1-3-7-18,34-25(35)33-24-8-4-5-9-24)20-14-21(27(30,31)32)16-23(29)15-20/h1-3,6-7,10-16,24H,4-5,8-9,17H2,(H2,33,34,35). The van der Waals surface area contributed by atoms with Crippen molar-refractivity contribution in [1.82, 2.24) is 10.6 Å². The van der Waals surface area contributed by atoms with E-state index in [1.807, 2.05) is 0 Å². The minimum absolute atomic E-state index is 0.0122. The van der Waals surface area contributed by atoms with E-state index in [0.717, 1.165) is 49.9 Å². The molecule has 0 saturated heterocycles. The molecule has 1 aliphatic rings. The molecule has 2 amide bonds. The van der Waals surface area contributed by atoms with Crippen LogP contribution in [-0.4, -0.2) is 12.1 Å². The lowest BCUT2D eigenvalue weighted by atomic mass is 9.77. The van der Waals surface area contributed by atoms with Crippen molar-refractivity contribution in [1.29, 1.82) is 0 Å². The molecule has 0 aromatic heterocycles. The number of hydrogen-bond acceptors (Lipinski definition) is 1. The van der Waals surface area contributed by atoms with Gasteiger partial charge in [0.25, 0.3) is 0 Å². The van der Waals surface area contributed by atoms with Gasteiger partial charge < -0.3 is 10.6 Å². The van der Waals surface area contributed by atoms with Gasteiger partial charge in [-0.05, 0) is 59.9 Å². The van der Waals surface area contributed by atoms with Gasteiger partial charge in [0.2, 0.25) is 0 Å². The minimum Gasteiger partial charge on any atom is -0.335 e. The van der Waals surface area contributed by atoms with Gasteiger partial charge in [0, 0.05) is 12.5 Å². The number of amides is 2. The number of nitrogens with one attached hydrogen (secondary N) is 2. The second-order valence-corrected chi connectivity index (χ2v) is 8.88. The fourth-order valence-electron chi connectivity index (χ4n) is 4.68. The van der Waals surface area contributed by atoms with Crippen LogP contribution in [0.25, 0.3) is 0 Å². The molecule has 0 radical (unpaired) electrons. The molecule has 1 fully saturated rings. The number of benzene rings is 3. The zero-order valence-corrected chi connectivity index (χ0v) is 18.8. The SMILES string of the molecule is O=C(NC1CCCC1)NC(Cc1ccccc1)(c1ccc(F)cc1)c1cc(F)cc(C(F)(F)F)c1. The van der Waals surface area contributed by atoms with Gasteiger partial charge in [0.15, 0.2) is 0 Å². The van der Waals surface area contributed by atoms with Crippen molar-refractivity contribution in [3.63, 3.8) is 0 Å². The van der Waals surface area contributed by atoms with Gasteiger partial charge >= 0.3 is 12.2 Å². The van der Waals surface area contributed by atoms with Crippen molar-refractivity contribution < 1.29 is 26.7 Å². The van der Waals surface area contributed by atoms with E-state index in [0.29, 0.717) is 17.2 Å². The van der Waals surface area contributed by atoms with Crippen molar-refractivity contribution in [2.45, 2.75) is 49.9 Å². The highest BCUT2D eigenvalue weighted by Gasteiger charge is 2.40. The van der Waals surface area contributed by atoms with E-state index >= 15 is 0 Å². The highest BCUT2D eigenvalue weighted by atomic mass is 19.4. The summed E-state index contributed by atoms with van der Waals surface area (Å²) >= 11 is 0. The molecule has 35 heavy (non-hydrogen) atoms. The Hall–Kier alpha value is -3.42. The third-order valence-corrected chi connectivity index (χ3v) is 6.38. The maximum atomic E-state index is 14.6. The number of hydrogen-bond donors (Lipinski definition) is 2. The molecular weight excluding hydrogens is 463 g/mol. The fraction of sp³-hybridized carbons (Fsp3) is 0.296. The maximum absolute atomic E-state index is 14.6. The summed E-state index contributed by atoms with van der Waals surface area (Å²) in [6.45, 7) is 0. The van der Waals surface area contributed by atoms with Crippen LogP contribution in [0.3, 0.4) is 0 Å². The third-order valence-electron chi connectivity index (χ3n) is 6.38. The van der Waals surface area contributed by atoms with Gasteiger partial charge in [0.1, 0.15) is 11.6 Å². The lowest BCUT2D eigenvalue weighted by Crippen LogP contribution is -2.53. The van der Waals surface area contributed by atoms with Crippen LogP contribution in [0, 0.1) is 11.6 Å². The highest BCUT2D eigenvalue weighted by molar-refractivity contribution is 5.76. The van der Waals surface area contributed by atoms with Crippen molar-refractivity contribution in [2.24, 2.45) is 0 Å². The summed E-state index contributed by atoms with van der Waals surface area (Å²) in [5.74, 6) is -1.64. The first kappa shape index (κ1) is 24.7. The number of urea groups is 1. The van der Waals surface area contributed by atoms with Crippen molar-refractivity contribution >= 4 is 6.03 Å². The van der Waals surface area contributed by atoms with Crippen LogP contribution in [0.4, 0.5) is 26.7 Å². The molecule has 0 bridgehead atoms. The largest absolute Gasteiger partial charge is 0.416 e. The Morgan fingerprint density at radius 2 is 1.43 bits per heavy atom. The van der Waals surface area contributed by atoms with Crippen LogP contribution in [0.15, 0.2) is 72.8 Å². The first-order valence-electron chi connectivity index (χ1n) is 11.4. The zero-order valence-electron chi connectivity index (χ0n) is 18.8. The van der Waals surface area contributed by atoms with Gasteiger partial charge in [-0.25, -0.2) is 13.6 Å². The number of carbonyl (C=O) groups excluding carboxylic acids is 1. The summed E-state index contributed by atoms with van der Waals surface area (Å²) in [5.41, 5.74) is -1.87. The minimum atomic E-state index is -4.80. The van der Waals surface area contributed by atoms with E-state index in [2.05, 4.69) is 10.6 Å². The van der Waals surface area contributed by atoms with Crippen molar-refractivity contribution in [3.8, 4) is 0 Å². The van der Waals surface area contributed by atoms with Crippen molar-refractivity contribution in [3.05, 3.63) is 107 Å². The fourth-order valence-corrected chi connectivity index (χ4v) is 4.68. The van der Waals surface area contributed by atoms with Crippen LogP contribution in [-0.2, 0) is 18.1 Å². The molecule has 1 atom stereocenters. The first-order chi connectivity index (χ1) is 16.7. The normalized spacial score (nSPS) is 16.0. The molecule has 0 spiro atoms. The Morgan fingerprint density at radius 3 is 2.06 bits per heavy atom. The molecule has 3 aromatic carbocycles. The average Bonchev–Trinajstić information content (AvgIpc) is 3.31. The van der Waals surface area contributed by atoms with Gasteiger partial charge in [0.05, 0.1) is 11.1 Å². The molecule has 1 saturated carbocycles. The molecule has 2 N–H and O–H groups in total. The zero-order chi connectivity index (χ0) is 25.1. The van der Waals surface area contributed by atoms with Crippen LogP contribution < -0.4 is 10.6 Å². The summed E-state index contributed by atoms with van der Waals surface area (Å²) in [5, 5.41) is 5.75. The van der Waals surface area contributed by atoms with Crippen LogP contribution in [0.2, 0.25) is 0 Å². The summed E-state index contributed by atoms with van der Waals surface area (Å²) in [6.07, 6.45) is -1.25. The van der Waals surface area contributed by atoms with Crippen LogP contribution >= 0.6 is 0 Å². The van der Waals surface area contributed by atoms with E-state index in [-0.39, 0.29) is 18.0 Å². The molecule has 1 aliphatic carbocycles. The Bertz CT molecular complexity index is 1160. The average molecular weight is 489 g/mol. The molecule has 0 aliphatic heterocycles. The van der Waals surface area contributed by atoms with E-state index in [1.165, 1.54) is 12.1 Å². The summed E-state index contributed by atoms with van der Waals surface area (Å²) in [7, 11) is 0. The van der Waals surface area contributed by atoms with Gasteiger partial charge in [-0.2, -0.15) is 13.2 Å². The topological polar surface area (TPSA) is 41.1 Å². The summed E-state index contributed by atoms with van der Waals surface area (Å²) in [6, 6.07) is 15.5. The molecule has 1 unspecified atom stereocenters. The third kappa shape index (κ3) is 5.81. The van der Waals surface area contributed by atoms with E-state index in [4.69, 9.17) is 0 Å². The van der Waals surface area contributed by atoms with Gasteiger partial charge in [-0.3, -0.25) is 0 Å². The number of alkyl halides is 3. The Balaban J connectivity index is 1.89. The molecular formula is C27H25F5N2O. The van der Waals surface area contributed by atoms with E-state index in [9.17, 15) is 26.7 Å². The second-order valence-electron chi connectivity index (χ2n) is 8.88. The molecule has 3 nitrogen and oxygen atoms in total. The molecule has 184 valence electrons. The molecule has 3 aromatic rings. The maximum Gasteiger partial charge on any atom is 0.416 e. The summed E-state index contributed by atoms with van der Waals surface area (Å²) in [4.78, 5) is 13.2. The quantitative estimate of drug-likeness (QED) is 0.372. The van der Waals surface area contributed by atoms with Crippen molar-refractivity contribution in [2.75, 3.05) is 0 Å². The van der Waals surface area contributed by atoms with E-state index in [1.54, 1.807) is 30.3 Å². The van der Waals surface area contributed by atoms with Crippen LogP contribution in [0.5, 0.6) is 0 Å². The summed E-state index contributed by atoms with van der Waals surface area (Å²) < 4.78 is 69.3. The molecule has 0 heterocycles. The lowest BCUT2D eigenvalue weighted by molar-refractivity contribution is -0.137. The predicted octanol–water partition coefficient (Wildman–Crippen LogP) is 6.71. The predicted molar refractivity (Wildman–Crippen MR) is 123 cm³/mol. The lowest BCUT2D eigenvalue weighted by Gasteiger charge is -2.37. The van der Waals surface area contributed by atoms with Crippen LogP contribution in [0.1, 0.15) is 47.9 Å². The smallest absolute Gasteiger partial charge is 0.335 e. The molecule has 4 rings (SSSR count). The Morgan fingerprint density at radius 1 is 0.800 bits per heavy atom. The van der Waals surface area contributed by atoms with Gasteiger partial charge in [-0.1, -0.05) is 55.3 Å². The van der Waals surface area contributed by atoms with E-state index < -0.39 is 34.9 Å².